The number of halogens is 3. The summed E-state index contributed by atoms with van der Waals surface area (Å²) in [6.45, 7) is 0. The van der Waals surface area contributed by atoms with Gasteiger partial charge in [0, 0.05) is 11.6 Å². The molecule has 0 aliphatic rings. The van der Waals surface area contributed by atoms with Crippen molar-refractivity contribution in [3.8, 4) is 0 Å². The predicted octanol–water partition coefficient (Wildman–Crippen LogP) is 2.43. The zero-order valence-electron chi connectivity index (χ0n) is 9.73. The summed E-state index contributed by atoms with van der Waals surface area (Å²) in [5.41, 5.74) is -0.337. The Morgan fingerprint density at radius 1 is 1.20 bits per heavy atom. The van der Waals surface area contributed by atoms with E-state index in [9.17, 15) is 22.8 Å². The number of fused-ring (bicyclic) bond motifs is 1. The molecule has 20 heavy (non-hydrogen) atoms. The van der Waals surface area contributed by atoms with Gasteiger partial charge >= 0.3 is 18.1 Å². The summed E-state index contributed by atoms with van der Waals surface area (Å²) in [5, 5.41) is 10.8. The number of aromatic carboxylic acids is 1. The zero-order valence-corrected chi connectivity index (χ0v) is 9.73. The Hall–Kier alpha value is -2.64. The fourth-order valence-electron chi connectivity index (χ4n) is 1.65. The first-order chi connectivity index (χ1) is 9.30. The number of alkyl halides is 3. The number of hydrogen-bond acceptors (Lipinski definition) is 3. The first-order valence-electron chi connectivity index (χ1n) is 5.30. The Morgan fingerprint density at radius 3 is 2.50 bits per heavy atom. The van der Waals surface area contributed by atoms with E-state index < -0.39 is 18.1 Å². The van der Waals surface area contributed by atoms with E-state index in [0.29, 0.717) is 0 Å². The molecular weight excluding hydrogens is 277 g/mol. The van der Waals surface area contributed by atoms with Crippen molar-refractivity contribution in [1.29, 1.82) is 0 Å². The quantitative estimate of drug-likeness (QED) is 0.887. The summed E-state index contributed by atoms with van der Waals surface area (Å²) in [6.07, 6.45) is -3.75. The van der Waals surface area contributed by atoms with Gasteiger partial charge in [-0.05, 0) is 18.2 Å². The molecule has 1 aromatic heterocycles. The molecular formula is C12H7F3N2O3. The second kappa shape index (κ2) is 4.80. The number of carboxylic acids is 1. The third-order valence-electron chi connectivity index (χ3n) is 2.51. The largest absolute Gasteiger partial charge is 0.478 e. The zero-order chi connectivity index (χ0) is 14.9. The van der Waals surface area contributed by atoms with Crippen molar-refractivity contribution >= 4 is 28.5 Å². The van der Waals surface area contributed by atoms with Gasteiger partial charge in [-0.2, -0.15) is 13.2 Å². The number of pyridine rings is 1. The number of nitrogens with zero attached hydrogens (tertiary/aromatic N) is 1. The van der Waals surface area contributed by atoms with E-state index in [1.807, 2.05) is 0 Å². The van der Waals surface area contributed by atoms with Crippen LogP contribution in [0.15, 0.2) is 30.5 Å². The number of amides is 1. The first-order valence-corrected chi connectivity index (χ1v) is 5.30. The van der Waals surface area contributed by atoms with Gasteiger partial charge in [0.25, 0.3) is 0 Å². The molecule has 8 heteroatoms. The van der Waals surface area contributed by atoms with Crippen molar-refractivity contribution in [1.82, 2.24) is 4.98 Å². The molecule has 0 unspecified atom stereocenters. The van der Waals surface area contributed by atoms with Gasteiger partial charge in [0.05, 0.1) is 16.8 Å². The van der Waals surface area contributed by atoms with Crippen molar-refractivity contribution in [3.63, 3.8) is 0 Å². The Labute approximate surface area is 110 Å². The summed E-state index contributed by atoms with van der Waals surface area (Å²) in [6, 6.07) is 5.03. The highest BCUT2D eigenvalue weighted by molar-refractivity contribution is 6.09. The number of carbonyl (C=O) groups excluding carboxylic acids is 1. The van der Waals surface area contributed by atoms with E-state index in [4.69, 9.17) is 5.11 Å². The molecule has 2 rings (SSSR count). The summed E-state index contributed by atoms with van der Waals surface area (Å²) in [5.74, 6) is -3.38. The van der Waals surface area contributed by atoms with Crippen LogP contribution in [0.5, 0.6) is 0 Å². The minimum Gasteiger partial charge on any atom is -0.478 e. The molecule has 0 spiro atoms. The number of benzene rings is 1. The molecule has 0 atom stereocenters. The van der Waals surface area contributed by atoms with Crippen LogP contribution < -0.4 is 5.32 Å². The molecule has 1 aromatic carbocycles. The highest BCUT2D eigenvalue weighted by Crippen LogP contribution is 2.26. The number of carbonyl (C=O) groups is 2. The maximum absolute atomic E-state index is 12.2. The highest BCUT2D eigenvalue weighted by atomic mass is 19.4. The van der Waals surface area contributed by atoms with Crippen LogP contribution in [0.1, 0.15) is 10.4 Å². The highest BCUT2D eigenvalue weighted by Gasteiger charge is 2.39. The van der Waals surface area contributed by atoms with Gasteiger partial charge in [-0.15, -0.1) is 0 Å². The maximum atomic E-state index is 12.2. The van der Waals surface area contributed by atoms with Crippen molar-refractivity contribution in [3.05, 3.63) is 36.0 Å². The van der Waals surface area contributed by atoms with Crippen LogP contribution in [-0.2, 0) is 4.79 Å². The monoisotopic (exact) mass is 284 g/mol. The summed E-state index contributed by atoms with van der Waals surface area (Å²) >= 11 is 0. The number of rotatable bonds is 2. The number of anilines is 1. The molecule has 1 heterocycles. The molecule has 2 N–H and O–H groups in total. The topological polar surface area (TPSA) is 79.3 Å². The maximum Gasteiger partial charge on any atom is 0.471 e. The molecule has 0 bridgehead atoms. The molecule has 0 fully saturated rings. The normalized spacial score (nSPS) is 11.3. The van der Waals surface area contributed by atoms with Crippen molar-refractivity contribution < 1.29 is 27.9 Å². The van der Waals surface area contributed by atoms with E-state index >= 15 is 0 Å². The standard InChI is InChI=1S/C12H7F3N2O3/c13-12(14,15)11(20)17-8-4-3-7(10(18)19)6-2-1-5-16-9(6)8/h1-5H,(H,17,20)(H,18,19). The minimum atomic E-state index is -5.04. The van der Waals surface area contributed by atoms with Crippen LogP contribution in [-0.4, -0.2) is 28.1 Å². The fourth-order valence-corrected chi connectivity index (χ4v) is 1.65. The molecule has 0 aliphatic carbocycles. The van der Waals surface area contributed by atoms with Crippen LogP contribution in [0, 0.1) is 0 Å². The van der Waals surface area contributed by atoms with Gasteiger partial charge in [0.2, 0.25) is 0 Å². The summed E-state index contributed by atoms with van der Waals surface area (Å²) < 4.78 is 36.6. The molecule has 0 saturated carbocycles. The Bertz CT molecular complexity index is 698. The number of aromatic nitrogens is 1. The predicted molar refractivity (Wildman–Crippen MR) is 63.4 cm³/mol. The average Bonchev–Trinajstić information content (AvgIpc) is 2.37. The van der Waals surface area contributed by atoms with Crippen LogP contribution in [0.25, 0.3) is 10.9 Å². The SMILES string of the molecule is O=C(O)c1ccc(NC(=O)C(F)(F)F)c2ncccc12. The van der Waals surface area contributed by atoms with Gasteiger partial charge < -0.3 is 10.4 Å². The van der Waals surface area contributed by atoms with E-state index in [-0.39, 0.29) is 22.2 Å². The average molecular weight is 284 g/mol. The minimum absolute atomic E-state index is 0.0231. The van der Waals surface area contributed by atoms with Crippen molar-refractivity contribution in [2.45, 2.75) is 6.18 Å². The van der Waals surface area contributed by atoms with Crippen LogP contribution >= 0.6 is 0 Å². The lowest BCUT2D eigenvalue weighted by atomic mass is 10.1. The lowest BCUT2D eigenvalue weighted by Crippen LogP contribution is -2.30. The summed E-state index contributed by atoms with van der Waals surface area (Å²) in [7, 11) is 0. The van der Waals surface area contributed by atoms with Gasteiger partial charge in [0.15, 0.2) is 0 Å². The molecule has 1 amide bonds. The Morgan fingerprint density at radius 2 is 1.90 bits per heavy atom. The first kappa shape index (κ1) is 13.8. The number of carboxylic acid groups (broad SMARTS) is 1. The van der Waals surface area contributed by atoms with Crippen LogP contribution in [0.3, 0.4) is 0 Å². The smallest absolute Gasteiger partial charge is 0.471 e. The van der Waals surface area contributed by atoms with Crippen molar-refractivity contribution in [2.24, 2.45) is 0 Å². The van der Waals surface area contributed by atoms with Gasteiger partial charge in [-0.3, -0.25) is 9.78 Å². The lowest BCUT2D eigenvalue weighted by molar-refractivity contribution is -0.167. The molecule has 104 valence electrons. The van der Waals surface area contributed by atoms with E-state index in [2.05, 4.69) is 4.98 Å². The molecule has 5 nitrogen and oxygen atoms in total. The fraction of sp³-hybridized carbons (Fsp3) is 0.0833. The van der Waals surface area contributed by atoms with E-state index in [0.717, 1.165) is 12.1 Å². The second-order valence-corrected chi connectivity index (χ2v) is 3.82. The number of hydrogen-bond donors (Lipinski definition) is 2. The van der Waals surface area contributed by atoms with Crippen molar-refractivity contribution in [2.75, 3.05) is 5.32 Å². The Balaban J connectivity index is 2.54. The van der Waals surface area contributed by atoms with Crippen LogP contribution in [0.2, 0.25) is 0 Å². The second-order valence-electron chi connectivity index (χ2n) is 3.82. The molecule has 2 aromatic rings. The van der Waals surface area contributed by atoms with Gasteiger partial charge in [0.1, 0.15) is 0 Å². The lowest BCUT2D eigenvalue weighted by Gasteiger charge is -2.11. The summed E-state index contributed by atoms with van der Waals surface area (Å²) in [4.78, 5) is 25.7. The van der Waals surface area contributed by atoms with Crippen LogP contribution in [0.4, 0.5) is 18.9 Å². The molecule has 0 radical (unpaired) electrons. The van der Waals surface area contributed by atoms with E-state index in [1.165, 1.54) is 18.3 Å². The molecule has 0 saturated heterocycles. The van der Waals surface area contributed by atoms with E-state index in [1.54, 1.807) is 5.32 Å². The van der Waals surface area contributed by atoms with Gasteiger partial charge in [-0.25, -0.2) is 4.79 Å². The third kappa shape index (κ3) is 2.53. The van der Waals surface area contributed by atoms with Gasteiger partial charge in [-0.1, -0.05) is 6.07 Å². The third-order valence-corrected chi connectivity index (χ3v) is 2.51. The molecule has 0 aliphatic heterocycles. The Kier molecular flexibility index (Phi) is 3.31. The number of nitrogens with one attached hydrogen (secondary N) is 1.